The average Bonchev–Trinajstić information content (AvgIpc) is 3.30. The van der Waals surface area contributed by atoms with Gasteiger partial charge in [0.15, 0.2) is 22.4 Å². The predicted molar refractivity (Wildman–Crippen MR) is 212 cm³/mol. The summed E-state index contributed by atoms with van der Waals surface area (Å²) in [7, 11) is 1.36. The minimum absolute atomic E-state index is 0.0422. The second-order valence-electron chi connectivity index (χ2n) is 16.2. The Balaban J connectivity index is 1.59. The number of methoxy groups -OCH3 is 1. The van der Waals surface area contributed by atoms with Crippen molar-refractivity contribution in [2.75, 3.05) is 12.4 Å². The van der Waals surface area contributed by atoms with Gasteiger partial charge in [0, 0.05) is 22.4 Å². The summed E-state index contributed by atoms with van der Waals surface area (Å²) < 4.78 is 5.87. The molecule has 0 amide bonds. The molecule has 0 radical (unpaired) electrons. The topological polar surface area (TPSA) is 208 Å². The first kappa shape index (κ1) is 37.6. The lowest BCUT2D eigenvalue weighted by atomic mass is 9.76. The van der Waals surface area contributed by atoms with Crippen LogP contribution < -0.4 is 20.9 Å². The van der Waals surface area contributed by atoms with Gasteiger partial charge in [-0.15, -0.1) is 0 Å². The summed E-state index contributed by atoms with van der Waals surface area (Å²) in [4.78, 5) is 66.4. The number of fused-ring (bicyclic) bond motifs is 1. The van der Waals surface area contributed by atoms with Gasteiger partial charge < -0.3 is 35.6 Å². The van der Waals surface area contributed by atoms with Gasteiger partial charge in [0.25, 0.3) is 0 Å². The molecule has 0 aliphatic heterocycles. The highest BCUT2D eigenvalue weighted by Gasteiger charge is 2.38. The number of anilines is 1. The number of aliphatic carboxylic acids is 2. The first-order chi connectivity index (χ1) is 26.8. The molecule has 5 aromatic rings. The number of hydrogen-bond acceptors (Lipinski definition) is 10. The molecule has 6 N–H and O–H groups in total. The van der Waals surface area contributed by atoms with Gasteiger partial charge in [0.05, 0.1) is 54.5 Å². The van der Waals surface area contributed by atoms with Crippen LogP contribution in [0.3, 0.4) is 0 Å². The van der Waals surface area contributed by atoms with E-state index in [0.717, 1.165) is 5.56 Å². The molecule has 12 nitrogen and oxygen atoms in total. The molecule has 0 spiro atoms. The van der Waals surface area contributed by atoms with Crippen molar-refractivity contribution >= 4 is 72.6 Å². The van der Waals surface area contributed by atoms with Gasteiger partial charge in [-0.2, -0.15) is 0 Å². The number of ketones is 1. The van der Waals surface area contributed by atoms with E-state index in [0.29, 0.717) is 118 Å². The molecule has 1 unspecified atom stereocenters. The van der Waals surface area contributed by atoms with Crippen LogP contribution in [0.25, 0.3) is 49.2 Å². The number of Topliss-reactive ketones (excluding diaryl/α,β-unsaturated/α-hetero) is 1. The quantitative estimate of drug-likeness (QED) is 0.0697. The number of phenolic OH excluding ortho intramolecular Hbond substituents is 1. The third-order valence-electron chi connectivity index (χ3n) is 13.0. The number of aromatic hydroxyl groups is 1. The molecule has 292 valence electrons. The Morgan fingerprint density at radius 2 is 1.29 bits per heavy atom. The highest BCUT2D eigenvalue weighted by Crippen LogP contribution is 2.56. The highest BCUT2D eigenvalue weighted by molar-refractivity contribution is 6.39. The number of aliphatic hydroxyl groups excluding tert-OH is 2. The third-order valence-corrected chi connectivity index (χ3v) is 13.0. The molecule has 0 aromatic heterocycles. The van der Waals surface area contributed by atoms with Gasteiger partial charge in [-0.1, -0.05) is 11.6 Å². The lowest BCUT2D eigenvalue weighted by Gasteiger charge is -2.32. The van der Waals surface area contributed by atoms with Crippen molar-refractivity contribution in [2.45, 2.75) is 96.8 Å². The van der Waals surface area contributed by atoms with E-state index in [2.05, 4.69) is 5.32 Å². The molecule has 3 aliphatic carbocycles. The van der Waals surface area contributed by atoms with Crippen LogP contribution in [0.2, 0.25) is 0 Å². The van der Waals surface area contributed by atoms with E-state index < -0.39 is 54.1 Å². The number of carboxylic acids is 2. The summed E-state index contributed by atoms with van der Waals surface area (Å²) in [5, 5.41) is 59.7. The molecule has 0 heterocycles. The van der Waals surface area contributed by atoms with Crippen molar-refractivity contribution in [3.63, 3.8) is 0 Å². The molecular formula is C44H45NO11. The molecule has 8 rings (SSSR count). The number of rotatable bonds is 10. The fourth-order valence-electron chi connectivity index (χ4n) is 10.5. The zero-order valence-corrected chi connectivity index (χ0v) is 31.6. The normalized spacial score (nSPS) is 22.5. The summed E-state index contributed by atoms with van der Waals surface area (Å²) in [5.41, 5.74) is 2.55. The molecule has 56 heavy (non-hydrogen) atoms. The number of phenols is 1. The van der Waals surface area contributed by atoms with Crippen LogP contribution in [0.1, 0.15) is 98.9 Å². The van der Waals surface area contributed by atoms with Gasteiger partial charge in [0.1, 0.15) is 5.78 Å². The van der Waals surface area contributed by atoms with E-state index in [-0.39, 0.29) is 45.4 Å². The number of carbonyl (C=O) groups excluding carboxylic acids is 1. The minimum atomic E-state index is -0.936. The van der Waals surface area contributed by atoms with Crippen molar-refractivity contribution in [1.82, 2.24) is 0 Å². The van der Waals surface area contributed by atoms with Crippen molar-refractivity contribution in [3.8, 4) is 11.5 Å². The maximum atomic E-state index is 14.7. The highest BCUT2D eigenvalue weighted by atomic mass is 16.5. The number of ether oxygens (including phenoxy) is 1. The summed E-state index contributed by atoms with van der Waals surface area (Å²) in [6.07, 6.45) is 6.64. The van der Waals surface area contributed by atoms with E-state index in [1.54, 1.807) is 0 Å². The molecule has 2 fully saturated rings. The van der Waals surface area contributed by atoms with E-state index in [9.17, 15) is 49.5 Å². The van der Waals surface area contributed by atoms with E-state index >= 15 is 0 Å². The zero-order valence-electron chi connectivity index (χ0n) is 31.6. The molecule has 0 saturated heterocycles. The van der Waals surface area contributed by atoms with Crippen molar-refractivity contribution in [3.05, 3.63) is 66.0 Å². The van der Waals surface area contributed by atoms with Gasteiger partial charge in [-0.05, 0) is 133 Å². The van der Waals surface area contributed by atoms with E-state index in [1.165, 1.54) is 26.2 Å². The Morgan fingerprint density at radius 1 is 0.750 bits per heavy atom. The molecule has 3 aliphatic rings. The Labute approximate surface area is 321 Å². The van der Waals surface area contributed by atoms with Gasteiger partial charge in [0.2, 0.25) is 0 Å². The largest absolute Gasteiger partial charge is 0.504 e. The number of hydrogen-bond donors (Lipinski definition) is 6. The Morgan fingerprint density at radius 3 is 1.80 bits per heavy atom. The van der Waals surface area contributed by atoms with E-state index in [4.69, 9.17) is 4.74 Å². The Kier molecular flexibility index (Phi) is 9.40. The summed E-state index contributed by atoms with van der Waals surface area (Å²) in [6.45, 7) is 2.15. The monoisotopic (exact) mass is 763 g/mol. The van der Waals surface area contributed by atoms with E-state index in [1.807, 2.05) is 13.0 Å². The van der Waals surface area contributed by atoms with Crippen LogP contribution in [0.4, 0.5) is 5.69 Å². The van der Waals surface area contributed by atoms with Crippen molar-refractivity contribution in [2.24, 2.45) is 17.8 Å². The summed E-state index contributed by atoms with van der Waals surface area (Å²) >= 11 is 0. The molecular weight excluding hydrogens is 718 g/mol. The maximum Gasteiger partial charge on any atom is 0.306 e. The predicted octanol–water partition coefficient (Wildman–Crippen LogP) is 6.17. The summed E-state index contributed by atoms with van der Waals surface area (Å²) in [5.74, 6) is -4.22. The average molecular weight is 764 g/mol. The molecule has 2 saturated carbocycles. The molecule has 12 heteroatoms. The zero-order chi connectivity index (χ0) is 39.9. The van der Waals surface area contributed by atoms with Crippen LogP contribution in [0, 0.1) is 17.8 Å². The lowest BCUT2D eigenvalue weighted by Crippen LogP contribution is -2.30. The van der Waals surface area contributed by atoms with Crippen LogP contribution >= 0.6 is 0 Å². The SMILES string of the molecule is COc1c(O)c2c(=O)cc(CO)c3c4c(CO)cc(=O)c5c(NC6CCC(C(=O)O)CC6)c(CC6CCC(C(=O)O)CC6)c6c(c(c1C(C(C)=O)C(C)=C6)c23)c54. The minimum Gasteiger partial charge on any atom is -0.504 e. The lowest BCUT2D eigenvalue weighted by molar-refractivity contribution is -0.143. The van der Waals surface area contributed by atoms with Gasteiger partial charge >= 0.3 is 11.9 Å². The number of allylic oxidation sites excluding steroid dienone is 1. The number of aliphatic hydroxyl groups is 2. The second-order valence-corrected chi connectivity index (χ2v) is 16.2. The fourth-order valence-corrected chi connectivity index (χ4v) is 10.5. The standard InChI is InChI=1S/C44H45NO11/c1-18-12-26-27(13-20-4-6-21(7-5-20)43(52)53)40(45-25-10-8-22(9-11-25)44(54)55)34-28(49)14-23(16-46)31-32-24(17-47)15-29(50)35-37(32)38(33(26)36(31)34)39(30(18)19(2)48)42(56-3)41(35)51/h12,14-15,20-22,25,30,45-47,51H,4-11,13,16-17H2,1-3H3,(H,52,53)(H,54,55). The van der Waals surface area contributed by atoms with Crippen molar-refractivity contribution in [1.29, 1.82) is 0 Å². The maximum absolute atomic E-state index is 14.7. The third kappa shape index (κ3) is 5.59. The van der Waals surface area contributed by atoms with Crippen molar-refractivity contribution < 1.29 is 44.7 Å². The van der Waals surface area contributed by atoms with Crippen LogP contribution in [-0.2, 0) is 34.0 Å². The molecule has 5 aromatic carbocycles. The van der Waals surface area contributed by atoms with Crippen LogP contribution in [-0.4, -0.2) is 56.4 Å². The molecule has 0 bridgehead atoms. The number of carboxylic acid groups (broad SMARTS) is 2. The Hall–Kier alpha value is -5.33. The number of benzene rings is 5. The second kappa shape index (κ2) is 14.0. The van der Waals surface area contributed by atoms with Gasteiger partial charge in [-0.3, -0.25) is 24.0 Å². The first-order valence-corrected chi connectivity index (χ1v) is 19.4. The summed E-state index contributed by atoms with van der Waals surface area (Å²) in [6, 6.07) is 2.44. The smallest absolute Gasteiger partial charge is 0.306 e. The van der Waals surface area contributed by atoms with Gasteiger partial charge in [-0.25, -0.2) is 0 Å². The Bertz CT molecular complexity index is 2630. The number of carbonyl (C=O) groups is 3. The van der Waals surface area contributed by atoms with Crippen LogP contribution in [0.15, 0.2) is 27.3 Å². The molecule has 1 atom stereocenters. The first-order valence-electron chi connectivity index (χ1n) is 19.4. The fraction of sp³-hybridized carbons (Fsp3) is 0.432. The van der Waals surface area contributed by atoms with Crippen LogP contribution in [0.5, 0.6) is 11.5 Å². The number of nitrogens with one attached hydrogen (secondary N) is 1.